The highest BCUT2D eigenvalue weighted by Crippen LogP contribution is 2.37. The minimum absolute atomic E-state index is 0.0643. The van der Waals surface area contributed by atoms with Gasteiger partial charge in [0.2, 0.25) is 0 Å². The van der Waals surface area contributed by atoms with Gasteiger partial charge in [0.25, 0.3) is 0 Å². The van der Waals surface area contributed by atoms with Gasteiger partial charge in [-0.3, -0.25) is 5.32 Å². The summed E-state index contributed by atoms with van der Waals surface area (Å²) in [5, 5.41) is 3.28. The van der Waals surface area contributed by atoms with E-state index in [-0.39, 0.29) is 6.04 Å². The zero-order valence-corrected chi connectivity index (χ0v) is 12.4. The summed E-state index contributed by atoms with van der Waals surface area (Å²) in [6.07, 6.45) is 0. The number of nitrogens with one attached hydrogen (secondary N) is 1. The van der Waals surface area contributed by atoms with E-state index in [1.54, 1.807) is 34.3 Å². The van der Waals surface area contributed by atoms with E-state index in [1.165, 1.54) is 0 Å². The first kappa shape index (κ1) is 16.2. The van der Waals surface area contributed by atoms with Crippen molar-refractivity contribution in [3.05, 3.63) is 17.7 Å². The average molecular weight is 278 g/mol. The van der Waals surface area contributed by atoms with Crippen molar-refractivity contribution in [2.45, 2.75) is 13.0 Å². The van der Waals surface area contributed by atoms with Crippen LogP contribution in [0.2, 0.25) is 0 Å². The van der Waals surface area contributed by atoms with E-state index in [2.05, 4.69) is 17.2 Å². The Hall–Kier alpha value is -1.90. The van der Waals surface area contributed by atoms with Gasteiger partial charge < -0.3 is 19.9 Å². The molecule has 1 aromatic carbocycles. The fourth-order valence-electron chi connectivity index (χ4n) is 1.91. The second-order valence-electron chi connectivity index (χ2n) is 4.05. The molecule has 0 aliphatic rings. The van der Waals surface area contributed by atoms with Crippen LogP contribution in [0.4, 0.5) is 0 Å². The summed E-state index contributed by atoms with van der Waals surface area (Å²) in [7, 11) is 4.80. The molecule has 0 spiro atoms. The Morgan fingerprint density at radius 2 is 1.70 bits per heavy atom. The number of ether oxygens (including phenoxy) is 3. The van der Waals surface area contributed by atoms with E-state index in [1.807, 2.05) is 6.07 Å². The monoisotopic (exact) mass is 278 g/mol. The molecule has 110 valence electrons. The molecule has 0 bridgehead atoms. The third-order valence-corrected chi connectivity index (χ3v) is 2.96. The zero-order chi connectivity index (χ0) is 15.0. The Bertz CT molecular complexity index is 492. The van der Waals surface area contributed by atoms with Crippen LogP contribution in [0, 0.1) is 11.8 Å². The number of hydrogen-bond acceptors (Lipinski definition) is 5. The van der Waals surface area contributed by atoms with Crippen LogP contribution in [0.25, 0.3) is 0 Å². The molecule has 1 rings (SSSR count). The Balaban J connectivity index is 3.14. The third kappa shape index (κ3) is 3.80. The van der Waals surface area contributed by atoms with Crippen LogP contribution in [0.3, 0.4) is 0 Å². The van der Waals surface area contributed by atoms with Crippen molar-refractivity contribution in [1.29, 1.82) is 0 Å². The summed E-state index contributed by atoms with van der Waals surface area (Å²) in [5.41, 5.74) is 6.76. The van der Waals surface area contributed by atoms with Crippen LogP contribution in [0.1, 0.15) is 18.5 Å². The Labute approximate surface area is 120 Å². The molecule has 0 fully saturated rings. The van der Waals surface area contributed by atoms with E-state index in [9.17, 15) is 0 Å². The minimum Gasteiger partial charge on any atom is -0.496 e. The summed E-state index contributed by atoms with van der Waals surface area (Å²) in [6, 6.07) is 3.61. The Morgan fingerprint density at radius 1 is 1.10 bits per heavy atom. The maximum absolute atomic E-state index is 5.83. The fourth-order valence-corrected chi connectivity index (χ4v) is 1.91. The molecule has 5 heteroatoms. The first-order valence-corrected chi connectivity index (χ1v) is 6.34. The summed E-state index contributed by atoms with van der Waals surface area (Å²) in [4.78, 5) is 0. The standard InChI is InChI=1S/C15H22N2O3/c1-5-6-7-17-12(10-16)11-8-14(19-3)15(20-4)9-13(11)18-2/h8-9,12,17H,7,10,16H2,1-4H3. The second kappa shape index (κ2) is 8.31. The van der Waals surface area contributed by atoms with Crippen LogP contribution in [0.15, 0.2) is 12.1 Å². The first-order chi connectivity index (χ1) is 9.71. The lowest BCUT2D eigenvalue weighted by Crippen LogP contribution is -2.29. The lowest BCUT2D eigenvalue weighted by atomic mass is 10.0. The number of rotatable bonds is 7. The van der Waals surface area contributed by atoms with Crippen molar-refractivity contribution in [3.63, 3.8) is 0 Å². The normalized spacial score (nSPS) is 11.2. The second-order valence-corrected chi connectivity index (χ2v) is 4.05. The maximum Gasteiger partial charge on any atom is 0.164 e. The first-order valence-electron chi connectivity index (χ1n) is 6.34. The van der Waals surface area contributed by atoms with E-state index >= 15 is 0 Å². The van der Waals surface area contributed by atoms with Gasteiger partial charge in [-0.2, -0.15) is 0 Å². The lowest BCUT2D eigenvalue weighted by molar-refractivity contribution is 0.345. The molecule has 0 saturated carbocycles. The highest BCUT2D eigenvalue weighted by molar-refractivity contribution is 5.52. The van der Waals surface area contributed by atoms with E-state index in [4.69, 9.17) is 19.9 Å². The maximum atomic E-state index is 5.83. The van der Waals surface area contributed by atoms with Gasteiger partial charge >= 0.3 is 0 Å². The predicted molar refractivity (Wildman–Crippen MR) is 79.3 cm³/mol. The molecule has 20 heavy (non-hydrogen) atoms. The van der Waals surface area contributed by atoms with Gasteiger partial charge in [0.05, 0.1) is 27.9 Å². The van der Waals surface area contributed by atoms with Crippen molar-refractivity contribution in [3.8, 4) is 29.1 Å². The molecule has 1 aromatic rings. The fraction of sp³-hybridized carbons (Fsp3) is 0.467. The highest BCUT2D eigenvalue weighted by Gasteiger charge is 2.18. The number of benzene rings is 1. The molecule has 0 radical (unpaired) electrons. The molecular formula is C15H22N2O3. The van der Waals surface area contributed by atoms with Crippen LogP contribution >= 0.6 is 0 Å². The van der Waals surface area contributed by atoms with Crippen molar-refractivity contribution in [1.82, 2.24) is 5.32 Å². The molecule has 0 saturated heterocycles. The van der Waals surface area contributed by atoms with Crippen molar-refractivity contribution >= 4 is 0 Å². The molecule has 0 heterocycles. The van der Waals surface area contributed by atoms with Gasteiger partial charge in [-0.15, -0.1) is 5.92 Å². The van der Waals surface area contributed by atoms with Gasteiger partial charge in [-0.05, 0) is 13.0 Å². The SMILES string of the molecule is CC#CCNC(CN)c1cc(OC)c(OC)cc1OC. The predicted octanol–water partition coefficient (Wildman–Crippen LogP) is 1.33. The van der Waals surface area contributed by atoms with Crippen LogP contribution < -0.4 is 25.3 Å². The Morgan fingerprint density at radius 3 is 2.20 bits per heavy atom. The van der Waals surface area contributed by atoms with E-state index < -0.39 is 0 Å². The van der Waals surface area contributed by atoms with Gasteiger partial charge in [0.15, 0.2) is 11.5 Å². The van der Waals surface area contributed by atoms with Crippen LogP contribution in [0.5, 0.6) is 17.2 Å². The molecule has 0 aliphatic heterocycles. The smallest absolute Gasteiger partial charge is 0.164 e. The van der Waals surface area contributed by atoms with Crippen molar-refractivity contribution in [2.75, 3.05) is 34.4 Å². The van der Waals surface area contributed by atoms with Gasteiger partial charge in [0, 0.05) is 24.2 Å². The molecular weight excluding hydrogens is 256 g/mol. The number of nitrogens with two attached hydrogens (primary N) is 1. The van der Waals surface area contributed by atoms with Crippen LogP contribution in [-0.2, 0) is 0 Å². The molecule has 0 aromatic heterocycles. The van der Waals surface area contributed by atoms with Gasteiger partial charge in [0.1, 0.15) is 5.75 Å². The van der Waals surface area contributed by atoms with E-state index in [0.29, 0.717) is 30.3 Å². The average Bonchev–Trinajstić information content (AvgIpc) is 2.50. The molecule has 1 unspecified atom stereocenters. The zero-order valence-electron chi connectivity index (χ0n) is 12.4. The number of methoxy groups -OCH3 is 3. The molecule has 0 aliphatic carbocycles. The third-order valence-electron chi connectivity index (χ3n) is 2.96. The molecule has 3 N–H and O–H groups in total. The number of hydrogen-bond donors (Lipinski definition) is 2. The molecule has 1 atom stereocenters. The van der Waals surface area contributed by atoms with Gasteiger partial charge in [-0.1, -0.05) is 5.92 Å². The molecule has 5 nitrogen and oxygen atoms in total. The van der Waals surface area contributed by atoms with Crippen molar-refractivity contribution < 1.29 is 14.2 Å². The highest BCUT2D eigenvalue weighted by atomic mass is 16.5. The minimum atomic E-state index is -0.0643. The van der Waals surface area contributed by atoms with E-state index in [0.717, 1.165) is 5.56 Å². The molecule has 0 amide bonds. The summed E-state index contributed by atoms with van der Waals surface area (Å²) >= 11 is 0. The lowest BCUT2D eigenvalue weighted by Gasteiger charge is -2.20. The largest absolute Gasteiger partial charge is 0.496 e. The van der Waals surface area contributed by atoms with Gasteiger partial charge in [-0.25, -0.2) is 0 Å². The van der Waals surface area contributed by atoms with Crippen molar-refractivity contribution in [2.24, 2.45) is 5.73 Å². The van der Waals surface area contributed by atoms with Crippen LogP contribution in [-0.4, -0.2) is 34.4 Å². The summed E-state index contributed by atoms with van der Waals surface area (Å²) < 4.78 is 16.0. The topological polar surface area (TPSA) is 65.7 Å². The Kier molecular flexibility index (Phi) is 6.71. The summed E-state index contributed by atoms with van der Waals surface area (Å²) in [6.45, 7) is 2.79. The summed E-state index contributed by atoms with van der Waals surface area (Å²) in [5.74, 6) is 7.77. The quantitative estimate of drug-likeness (QED) is 0.737.